The summed E-state index contributed by atoms with van der Waals surface area (Å²) in [6.45, 7) is 1.50. The average Bonchev–Trinajstić information content (AvgIpc) is 2.75. The number of anilines is 1. The van der Waals surface area contributed by atoms with E-state index in [0.717, 1.165) is 19.4 Å². The Labute approximate surface area is 113 Å². The lowest BCUT2D eigenvalue weighted by Crippen LogP contribution is -2.41. The van der Waals surface area contributed by atoms with E-state index in [-0.39, 0.29) is 17.5 Å². The normalized spacial score (nSPS) is 19.2. The highest BCUT2D eigenvalue weighted by molar-refractivity contribution is 5.95. The van der Waals surface area contributed by atoms with Crippen LogP contribution >= 0.6 is 0 Å². The van der Waals surface area contributed by atoms with Gasteiger partial charge in [-0.05, 0) is 45.1 Å². The van der Waals surface area contributed by atoms with E-state index >= 15 is 0 Å². The van der Waals surface area contributed by atoms with Crippen molar-refractivity contribution in [1.82, 2.24) is 9.80 Å². The molecule has 0 radical (unpaired) electrons. The topological polar surface area (TPSA) is 49.6 Å². The number of nitrogen functional groups attached to an aromatic ring is 1. The molecule has 0 spiro atoms. The fourth-order valence-corrected chi connectivity index (χ4v) is 2.57. The number of hydrogen-bond acceptors (Lipinski definition) is 3. The smallest absolute Gasteiger partial charge is 0.257 e. The van der Waals surface area contributed by atoms with Gasteiger partial charge in [0, 0.05) is 24.8 Å². The summed E-state index contributed by atoms with van der Waals surface area (Å²) < 4.78 is 13.8. The second-order valence-electron chi connectivity index (χ2n) is 5.30. The molecule has 5 heteroatoms. The van der Waals surface area contributed by atoms with Crippen LogP contribution in [0.25, 0.3) is 0 Å². The van der Waals surface area contributed by atoms with Crippen LogP contribution < -0.4 is 5.73 Å². The highest BCUT2D eigenvalue weighted by atomic mass is 19.1. The molecule has 1 amide bonds. The minimum Gasteiger partial charge on any atom is -0.399 e. The summed E-state index contributed by atoms with van der Waals surface area (Å²) >= 11 is 0. The van der Waals surface area contributed by atoms with E-state index in [2.05, 4.69) is 4.90 Å². The molecule has 1 heterocycles. The molecule has 0 aromatic heterocycles. The molecule has 0 bridgehead atoms. The van der Waals surface area contributed by atoms with Gasteiger partial charge < -0.3 is 15.5 Å². The fourth-order valence-electron chi connectivity index (χ4n) is 2.57. The predicted molar refractivity (Wildman–Crippen MR) is 73.4 cm³/mol. The quantitative estimate of drug-likeness (QED) is 0.844. The van der Waals surface area contributed by atoms with Gasteiger partial charge in [0.05, 0.1) is 5.56 Å². The maximum atomic E-state index is 13.8. The Morgan fingerprint density at radius 3 is 2.89 bits per heavy atom. The zero-order valence-corrected chi connectivity index (χ0v) is 11.4. The number of hydrogen-bond donors (Lipinski definition) is 1. The van der Waals surface area contributed by atoms with Crippen LogP contribution in [0.2, 0.25) is 0 Å². The maximum Gasteiger partial charge on any atom is 0.257 e. The maximum absolute atomic E-state index is 13.8. The summed E-state index contributed by atoms with van der Waals surface area (Å²) in [5.41, 5.74) is 5.95. The van der Waals surface area contributed by atoms with Crippen molar-refractivity contribution in [2.24, 2.45) is 0 Å². The molecule has 1 aromatic carbocycles. The molecule has 1 unspecified atom stereocenters. The first-order chi connectivity index (χ1) is 8.99. The van der Waals surface area contributed by atoms with Gasteiger partial charge >= 0.3 is 0 Å². The molecule has 1 fully saturated rings. The van der Waals surface area contributed by atoms with Crippen LogP contribution in [0.5, 0.6) is 0 Å². The third-order valence-electron chi connectivity index (χ3n) is 3.44. The summed E-state index contributed by atoms with van der Waals surface area (Å²) in [5.74, 6) is -0.776. The first-order valence-electron chi connectivity index (χ1n) is 6.50. The predicted octanol–water partition coefficient (Wildman–Crippen LogP) is 1.57. The number of halogens is 1. The van der Waals surface area contributed by atoms with Crippen LogP contribution in [-0.2, 0) is 0 Å². The Morgan fingerprint density at radius 2 is 2.26 bits per heavy atom. The number of likely N-dealkylation sites (N-methyl/N-ethyl adjacent to an activating group) is 1. The highest BCUT2D eigenvalue weighted by Gasteiger charge is 2.30. The highest BCUT2D eigenvalue weighted by Crippen LogP contribution is 2.22. The molecule has 19 heavy (non-hydrogen) atoms. The van der Waals surface area contributed by atoms with Crippen LogP contribution in [0.15, 0.2) is 18.2 Å². The molecule has 1 aliphatic rings. The third-order valence-corrected chi connectivity index (χ3v) is 3.44. The van der Waals surface area contributed by atoms with E-state index < -0.39 is 5.82 Å². The number of rotatable bonds is 3. The molecule has 1 aromatic rings. The third kappa shape index (κ3) is 3.04. The van der Waals surface area contributed by atoms with E-state index in [0.29, 0.717) is 12.2 Å². The largest absolute Gasteiger partial charge is 0.399 e. The van der Waals surface area contributed by atoms with Crippen molar-refractivity contribution in [2.45, 2.75) is 18.9 Å². The van der Waals surface area contributed by atoms with Gasteiger partial charge in [-0.3, -0.25) is 4.79 Å². The van der Waals surface area contributed by atoms with Crippen LogP contribution in [0, 0.1) is 5.82 Å². The van der Waals surface area contributed by atoms with Crippen molar-refractivity contribution in [3.05, 3.63) is 29.6 Å². The monoisotopic (exact) mass is 265 g/mol. The SMILES string of the molecule is CN(C)CC1CCCN1C(=O)c1ccc(N)cc1F. The number of likely N-dealkylation sites (tertiary alicyclic amines) is 1. The van der Waals surface area contributed by atoms with Gasteiger partial charge in [-0.1, -0.05) is 0 Å². The van der Waals surface area contributed by atoms with Gasteiger partial charge in [0.1, 0.15) is 5.82 Å². The van der Waals surface area contributed by atoms with Crippen molar-refractivity contribution >= 4 is 11.6 Å². The van der Waals surface area contributed by atoms with E-state index in [4.69, 9.17) is 5.73 Å². The summed E-state index contributed by atoms with van der Waals surface area (Å²) in [6.07, 6.45) is 1.95. The minimum absolute atomic E-state index is 0.111. The lowest BCUT2D eigenvalue weighted by molar-refractivity contribution is 0.0712. The van der Waals surface area contributed by atoms with E-state index in [1.807, 2.05) is 14.1 Å². The first-order valence-corrected chi connectivity index (χ1v) is 6.50. The average molecular weight is 265 g/mol. The Kier molecular flexibility index (Phi) is 4.04. The second kappa shape index (κ2) is 5.57. The Hall–Kier alpha value is -1.62. The summed E-state index contributed by atoms with van der Waals surface area (Å²) in [4.78, 5) is 16.2. The number of nitrogens with zero attached hydrogens (tertiary/aromatic N) is 2. The molecule has 1 saturated heterocycles. The lowest BCUT2D eigenvalue weighted by atomic mass is 10.1. The van der Waals surface area contributed by atoms with E-state index in [9.17, 15) is 9.18 Å². The standard InChI is InChI=1S/C14H20FN3O/c1-17(2)9-11-4-3-7-18(11)14(19)12-6-5-10(16)8-13(12)15/h5-6,8,11H,3-4,7,9,16H2,1-2H3. The Bertz CT molecular complexity index is 476. The number of carbonyl (C=O) groups excluding carboxylic acids is 1. The van der Waals surface area contributed by atoms with Crippen molar-refractivity contribution < 1.29 is 9.18 Å². The van der Waals surface area contributed by atoms with Crippen molar-refractivity contribution in [1.29, 1.82) is 0 Å². The molecule has 2 rings (SSSR count). The molecule has 1 atom stereocenters. The summed E-state index contributed by atoms with van der Waals surface area (Å²) in [6, 6.07) is 4.40. The minimum atomic E-state index is -0.541. The second-order valence-corrected chi connectivity index (χ2v) is 5.30. The van der Waals surface area contributed by atoms with Crippen molar-refractivity contribution in [3.8, 4) is 0 Å². The van der Waals surface area contributed by atoms with Gasteiger partial charge in [0.15, 0.2) is 0 Å². The molecule has 2 N–H and O–H groups in total. The lowest BCUT2D eigenvalue weighted by Gasteiger charge is -2.27. The molecule has 0 saturated carbocycles. The molecule has 1 aliphatic heterocycles. The van der Waals surface area contributed by atoms with Crippen LogP contribution in [0.3, 0.4) is 0 Å². The summed E-state index contributed by atoms with van der Waals surface area (Å²) in [7, 11) is 3.95. The summed E-state index contributed by atoms with van der Waals surface area (Å²) in [5, 5.41) is 0. The van der Waals surface area contributed by atoms with Gasteiger partial charge in [0.2, 0.25) is 0 Å². The zero-order valence-electron chi connectivity index (χ0n) is 11.4. The molecule has 104 valence electrons. The Balaban J connectivity index is 2.18. The zero-order chi connectivity index (χ0) is 14.0. The molecule has 4 nitrogen and oxygen atoms in total. The van der Waals surface area contributed by atoms with Gasteiger partial charge in [-0.15, -0.1) is 0 Å². The molecular weight excluding hydrogens is 245 g/mol. The molecule has 0 aliphatic carbocycles. The number of carbonyl (C=O) groups is 1. The number of benzene rings is 1. The van der Waals surface area contributed by atoms with Crippen molar-refractivity contribution in [3.63, 3.8) is 0 Å². The number of amides is 1. The Morgan fingerprint density at radius 1 is 1.53 bits per heavy atom. The van der Waals surface area contributed by atoms with Crippen LogP contribution in [-0.4, -0.2) is 48.9 Å². The number of nitrogens with two attached hydrogens (primary N) is 1. The van der Waals surface area contributed by atoms with Crippen LogP contribution in [0.1, 0.15) is 23.2 Å². The van der Waals surface area contributed by atoms with E-state index in [1.165, 1.54) is 12.1 Å². The van der Waals surface area contributed by atoms with Gasteiger partial charge in [-0.2, -0.15) is 0 Å². The van der Waals surface area contributed by atoms with Gasteiger partial charge in [-0.25, -0.2) is 4.39 Å². The fraction of sp³-hybridized carbons (Fsp3) is 0.500. The molecular formula is C14H20FN3O. The van der Waals surface area contributed by atoms with E-state index in [1.54, 1.807) is 11.0 Å². The van der Waals surface area contributed by atoms with Crippen molar-refractivity contribution in [2.75, 3.05) is 32.9 Å². The first kappa shape index (κ1) is 13.8. The van der Waals surface area contributed by atoms with Crippen LogP contribution in [0.4, 0.5) is 10.1 Å². The van der Waals surface area contributed by atoms with Gasteiger partial charge in [0.25, 0.3) is 5.91 Å².